The quantitative estimate of drug-likeness (QED) is 0.452. The molecule has 2 aromatic carbocycles. The summed E-state index contributed by atoms with van der Waals surface area (Å²) < 4.78 is 16.0. The van der Waals surface area contributed by atoms with Crippen LogP contribution >= 0.6 is 0 Å². The average molecular weight is 453 g/mol. The highest BCUT2D eigenvalue weighted by atomic mass is 19.1. The predicted octanol–water partition coefficient (Wildman–Crippen LogP) is 3.85. The number of nitrogens with zero attached hydrogens (tertiary/aromatic N) is 1. The molecule has 8 nitrogen and oxygen atoms in total. The van der Waals surface area contributed by atoms with E-state index in [0.29, 0.717) is 22.3 Å². The van der Waals surface area contributed by atoms with Gasteiger partial charge in [0.25, 0.3) is 5.56 Å². The van der Waals surface area contributed by atoms with E-state index in [1.165, 1.54) is 36.0 Å². The Bertz CT molecular complexity index is 1290. The fourth-order valence-electron chi connectivity index (χ4n) is 3.71. The van der Waals surface area contributed by atoms with Gasteiger partial charge in [0.2, 0.25) is 0 Å². The van der Waals surface area contributed by atoms with Gasteiger partial charge < -0.3 is 25.4 Å². The molecule has 3 rings (SSSR count). The van der Waals surface area contributed by atoms with E-state index < -0.39 is 41.6 Å². The molecule has 0 unspecified atom stereocenters. The summed E-state index contributed by atoms with van der Waals surface area (Å²) in [6.07, 6.45) is 0.856. The van der Waals surface area contributed by atoms with Crippen LogP contribution in [-0.4, -0.2) is 26.8 Å². The lowest BCUT2D eigenvalue weighted by Gasteiger charge is -2.22. The number of pyridine rings is 1. The number of hydrogen-bond acceptors (Lipinski definition) is 4. The van der Waals surface area contributed by atoms with Gasteiger partial charge in [-0.1, -0.05) is 30.3 Å². The van der Waals surface area contributed by atoms with E-state index in [2.05, 4.69) is 10.6 Å². The lowest BCUT2D eigenvalue weighted by Crippen LogP contribution is -2.36. The van der Waals surface area contributed by atoms with Crippen molar-refractivity contribution in [2.45, 2.75) is 26.3 Å². The van der Waals surface area contributed by atoms with Crippen LogP contribution in [0.5, 0.6) is 5.75 Å². The number of benzene rings is 2. The largest absolute Gasteiger partial charge is 0.505 e. The third-order valence-corrected chi connectivity index (χ3v) is 5.41. The Morgan fingerprint density at radius 2 is 1.82 bits per heavy atom. The van der Waals surface area contributed by atoms with Gasteiger partial charge in [0.05, 0.1) is 12.5 Å². The number of urea groups is 1. The van der Waals surface area contributed by atoms with Crippen LogP contribution in [0.25, 0.3) is 11.1 Å². The Labute approximate surface area is 189 Å². The van der Waals surface area contributed by atoms with Crippen LogP contribution in [0, 0.1) is 19.7 Å². The molecule has 0 aliphatic carbocycles. The predicted molar refractivity (Wildman–Crippen MR) is 122 cm³/mol. The Hall–Kier alpha value is -4.14. The molecule has 3 aromatic rings. The van der Waals surface area contributed by atoms with Crippen LogP contribution in [0.2, 0.25) is 0 Å². The van der Waals surface area contributed by atoms with E-state index in [9.17, 15) is 29.0 Å². The van der Waals surface area contributed by atoms with Crippen LogP contribution in [0.15, 0.2) is 53.5 Å². The second-order valence-electron chi connectivity index (χ2n) is 7.69. The number of aromatic hydroxyl groups is 1. The van der Waals surface area contributed by atoms with Gasteiger partial charge in [0.15, 0.2) is 5.69 Å². The lowest BCUT2D eigenvalue weighted by atomic mass is 9.89. The van der Waals surface area contributed by atoms with Crippen molar-refractivity contribution in [3.63, 3.8) is 0 Å². The molecule has 0 bridgehead atoms. The second-order valence-corrected chi connectivity index (χ2v) is 7.69. The second kappa shape index (κ2) is 9.56. The minimum Gasteiger partial charge on any atom is -0.505 e. The molecule has 2 amide bonds. The normalized spacial score (nSPS) is 11.6. The molecule has 0 saturated carbocycles. The number of aryl methyl sites for hydroxylation is 2. The number of amides is 2. The van der Waals surface area contributed by atoms with E-state index in [0.717, 1.165) is 5.56 Å². The Balaban J connectivity index is 1.99. The van der Waals surface area contributed by atoms with Crippen LogP contribution < -0.4 is 16.2 Å². The Morgan fingerprint density at radius 1 is 1.12 bits per heavy atom. The van der Waals surface area contributed by atoms with Gasteiger partial charge in [0.1, 0.15) is 11.6 Å². The molecule has 1 aromatic heterocycles. The number of carboxylic acid groups (broad SMARTS) is 1. The van der Waals surface area contributed by atoms with Gasteiger partial charge in [-0.05, 0) is 48.2 Å². The van der Waals surface area contributed by atoms with Crippen molar-refractivity contribution in [3.8, 4) is 16.9 Å². The van der Waals surface area contributed by atoms with Crippen LogP contribution in [0.1, 0.15) is 29.2 Å². The van der Waals surface area contributed by atoms with Gasteiger partial charge >= 0.3 is 12.0 Å². The highest BCUT2D eigenvalue weighted by Gasteiger charge is 2.24. The van der Waals surface area contributed by atoms with Gasteiger partial charge in [-0.2, -0.15) is 0 Å². The Morgan fingerprint density at radius 3 is 2.48 bits per heavy atom. The van der Waals surface area contributed by atoms with Crippen molar-refractivity contribution in [3.05, 3.63) is 81.5 Å². The zero-order valence-corrected chi connectivity index (χ0v) is 18.3. The summed E-state index contributed by atoms with van der Waals surface area (Å²) in [5, 5.41) is 24.1. The first-order valence-electron chi connectivity index (χ1n) is 10.1. The van der Waals surface area contributed by atoms with E-state index in [1.807, 2.05) is 19.1 Å². The van der Waals surface area contributed by atoms with Crippen molar-refractivity contribution in [2.75, 3.05) is 5.32 Å². The summed E-state index contributed by atoms with van der Waals surface area (Å²) in [7, 11) is 1.45. The molecule has 33 heavy (non-hydrogen) atoms. The summed E-state index contributed by atoms with van der Waals surface area (Å²) in [5.41, 5.74) is 1.73. The number of rotatable bonds is 6. The number of aliphatic carboxylic acids is 1. The molecule has 0 aliphatic rings. The number of aromatic nitrogens is 1. The number of carbonyl (C=O) groups is 2. The first kappa shape index (κ1) is 23.5. The van der Waals surface area contributed by atoms with E-state index in [1.54, 1.807) is 19.1 Å². The number of carbonyl (C=O) groups excluding carboxylic acids is 1. The fourth-order valence-corrected chi connectivity index (χ4v) is 3.71. The molecule has 1 atom stereocenters. The number of nitrogens with one attached hydrogen (secondary N) is 2. The third kappa shape index (κ3) is 5.03. The number of hydrogen-bond donors (Lipinski definition) is 4. The first-order chi connectivity index (χ1) is 15.6. The number of anilines is 1. The molecule has 0 fully saturated rings. The lowest BCUT2D eigenvalue weighted by molar-refractivity contribution is -0.137. The van der Waals surface area contributed by atoms with Crippen molar-refractivity contribution < 1.29 is 24.2 Å². The molecule has 0 saturated heterocycles. The molecule has 9 heteroatoms. The highest BCUT2D eigenvalue weighted by Crippen LogP contribution is 2.34. The van der Waals surface area contributed by atoms with Gasteiger partial charge in [0, 0.05) is 18.8 Å². The van der Waals surface area contributed by atoms with Gasteiger partial charge in [-0.15, -0.1) is 0 Å². The maximum absolute atomic E-state index is 14.8. The minimum atomic E-state index is -1.18. The van der Waals surface area contributed by atoms with Gasteiger partial charge in [-0.25, -0.2) is 9.18 Å². The fraction of sp³-hybridized carbons (Fsp3) is 0.208. The van der Waals surface area contributed by atoms with E-state index in [-0.39, 0.29) is 5.69 Å². The minimum absolute atomic E-state index is 0.317. The molecule has 0 spiro atoms. The summed E-state index contributed by atoms with van der Waals surface area (Å²) in [4.78, 5) is 36.4. The molecule has 1 heterocycles. The Kier molecular flexibility index (Phi) is 6.81. The molecule has 0 aliphatic heterocycles. The standard InChI is InChI=1S/C24H24FN3O5/c1-13-6-4-5-7-15(13)21-14(2)16(8-9-17(21)25)18(12-20(30)31)26-24(33)27-22-19(29)10-11-28(3)23(22)32/h4-11,18,29H,12H2,1-3H3,(H,30,31)(H2,26,27,33)/t18-/m0/s1. The smallest absolute Gasteiger partial charge is 0.319 e. The molecular formula is C24H24FN3O5. The summed E-state index contributed by atoms with van der Waals surface area (Å²) >= 11 is 0. The summed E-state index contributed by atoms with van der Waals surface area (Å²) in [6.45, 7) is 3.50. The first-order valence-corrected chi connectivity index (χ1v) is 10.1. The maximum Gasteiger partial charge on any atom is 0.319 e. The summed E-state index contributed by atoms with van der Waals surface area (Å²) in [5.74, 6) is -2.08. The van der Waals surface area contributed by atoms with Crippen LogP contribution in [0.4, 0.5) is 14.9 Å². The zero-order chi connectivity index (χ0) is 24.3. The highest BCUT2D eigenvalue weighted by molar-refractivity contribution is 5.91. The van der Waals surface area contributed by atoms with Crippen molar-refractivity contribution in [1.82, 2.24) is 9.88 Å². The summed E-state index contributed by atoms with van der Waals surface area (Å²) in [6, 6.07) is 9.21. The van der Waals surface area contributed by atoms with Crippen LogP contribution in [-0.2, 0) is 11.8 Å². The monoisotopic (exact) mass is 453 g/mol. The van der Waals surface area contributed by atoms with E-state index >= 15 is 0 Å². The molecule has 4 N–H and O–H groups in total. The zero-order valence-electron chi connectivity index (χ0n) is 18.3. The third-order valence-electron chi connectivity index (χ3n) is 5.41. The van der Waals surface area contributed by atoms with Crippen LogP contribution in [0.3, 0.4) is 0 Å². The number of halogens is 1. The number of carboxylic acids is 1. The van der Waals surface area contributed by atoms with Gasteiger partial charge in [-0.3, -0.25) is 9.59 Å². The topological polar surface area (TPSA) is 121 Å². The maximum atomic E-state index is 14.8. The van der Waals surface area contributed by atoms with Crippen molar-refractivity contribution in [2.24, 2.45) is 7.05 Å². The molecule has 172 valence electrons. The molecular weight excluding hydrogens is 429 g/mol. The SMILES string of the molecule is Cc1ccccc1-c1c(F)ccc([C@H](CC(=O)O)NC(=O)Nc2c(O)ccn(C)c2=O)c1C. The van der Waals surface area contributed by atoms with Crippen molar-refractivity contribution >= 4 is 17.7 Å². The van der Waals surface area contributed by atoms with Crippen molar-refractivity contribution in [1.29, 1.82) is 0 Å². The molecule has 0 radical (unpaired) electrons. The van der Waals surface area contributed by atoms with E-state index in [4.69, 9.17) is 0 Å². The average Bonchev–Trinajstić information content (AvgIpc) is 2.74.